The summed E-state index contributed by atoms with van der Waals surface area (Å²) in [5, 5.41) is 23.6. The van der Waals surface area contributed by atoms with Crippen LogP contribution in [0.25, 0.3) is 0 Å². The highest BCUT2D eigenvalue weighted by Gasteiger charge is 2.23. The summed E-state index contributed by atoms with van der Waals surface area (Å²) in [5.41, 5.74) is -1.04. The summed E-state index contributed by atoms with van der Waals surface area (Å²) in [4.78, 5) is 0. The van der Waals surface area contributed by atoms with Crippen LogP contribution in [-0.2, 0) is 0 Å². The van der Waals surface area contributed by atoms with Crippen LogP contribution in [0.4, 0.5) is 0 Å². The van der Waals surface area contributed by atoms with Crippen molar-refractivity contribution in [3.05, 3.63) is 95.2 Å². The number of allylic oxidation sites excluding steroid dienone is 12. The van der Waals surface area contributed by atoms with E-state index in [0.29, 0.717) is 0 Å². The van der Waals surface area contributed by atoms with Crippen molar-refractivity contribution in [2.75, 3.05) is 0 Å². The van der Waals surface area contributed by atoms with E-state index >= 15 is 0 Å². The lowest BCUT2D eigenvalue weighted by atomic mass is 9.85. The fourth-order valence-electron chi connectivity index (χ4n) is 3.95. The van der Waals surface area contributed by atoms with Gasteiger partial charge in [-0.1, -0.05) is 167 Å². The third-order valence-electron chi connectivity index (χ3n) is 7.06. The molecule has 46 heavy (non-hydrogen) atoms. The Bertz CT molecular complexity index is 1490. The van der Waals surface area contributed by atoms with Gasteiger partial charge in [0.2, 0.25) is 0 Å². The van der Waals surface area contributed by atoms with Gasteiger partial charge in [-0.2, -0.15) is 0 Å². The molecule has 0 saturated heterocycles. The van der Waals surface area contributed by atoms with Gasteiger partial charge < -0.3 is 10.2 Å². The quantitative estimate of drug-likeness (QED) is 0.270. The van der Waals surface area contributed by atoms with Crippen molar-refractivity contribution in [2.45, 2.75) is 94.3 Å². The zero-order valence-electron chi connectivity index (χ0n) is 29.8. The van der Waals surface area contributed by atoms with Crippen LogP contribution in [0.3, 0.4) is 0 Å². The second kappa shape index (κ2) is 14.8. The van der Waals surface area contributed by atoms with Crippen LogP contribution in [0.1, 0.15) is 83.1 Å². The lowest BCUT2D eigenvalue weighted by molar-refractivity contribution is 0.193. The first-order valence-corrected chi connectivity index (χ1v) is 15.7. The molecule has 0 heterocycles. The Morgan fingerprint density at radius 3 is 0.761 bits per heavy atom. The molecule has 2 aliphatic carbocycles. The van der Waals surface area contributed by atoms with E-state index in [1.54, 1.807) is 48.6 Å². The van der Waals surface area contributed by atoms with Crippen molar-refractivity contribution in [2.24, 2.45) is 21.7 Å². The molecular formula is C44H50O2. The maximum Gasteiger partial charge on any atom is 0.163 e. The smallest absolute Gasteiger partial charge is 0.163 e. The molecule has 2 N–H and O–H groups in total. The molecule has 0 aromatic heterocycles. The lowest BCUT2D eigenvalue weighted by Gasteiger charge is -2.20. The molecule has 0 spiro atoms. The molecule has 0 amide bonds. The molecule has 2 aliphatic rings. The maximum absolute atomic E-state index is 11.8. The van der Waals surface area contributed by atoms with Crippen LogP contribution >= 0.6 is 0 Å². The molecule has 2 heteroatoms. The topological polar surface area (TPSA) is 40.5 Å². The maximum atomic E-state index is 11.8. The molecule has 0 aromatic rings. The molecule has 0 fully saturated rings. The van der Waals surface area contributed by atoms with Gasteiger partial charge in [-0.3, -0.25) is 0 Å². The predicted octanol–water partition coefficient (Wildman–Crippen LogP) is 8.61. The number of rotatable bonds is 0. The molecule has 2 nitrogen and oxygen atoms in total. The standard InChI is InChI=1S/C44H50O2/c1-39(2,3)35-21-13-14-22-36(40(4,5)6)26-19-31-44(46)32-20-28-38(42(10,11)12)24-16-15-23-37(41(7,8)9)27-18-30-43(45,33-34-44)29-17-25-35/h17-20,25-32,45-46H,1-12H3. The molecule has 0 saturated carbocycles. The average Bonchev–Trinajstić information content (AvgIpc) is 2.89. The molecule has 0 aromatic carbocycles. The van der Waals surface area contributed by atoms with Gasteiger partial charge in [0.1, 0.15) is 0 Å². The average molecular weight is 611 g/mol. The van der Waals surface area contributed by atoms with Crippen molar-refractivity contribution in [1.29, 1.82) is 0 Å². The third kappa shape index (κ3) is 12.6. The van der Waals surface area contributed by atoms with E-state index in [1.807, 2.05) is 24.3 Å². The Hall–Kier alpha value is -4.36. The van der Waals surface area contributed by atoms with E-state index in [0.717, 1.165) is 22.3 Å². The number of hydrogen-bond donors (Lipinski definition) is 2. The van der Waals surface area contributed by atoms with Crippen molar-refractivity contribution >= 4 is 0 Å². The second-order valence-corrected chi connectivity index (χ2v) is 15.7. The monoisotopic (exact) mass is 610 g/mol. The van der Waals surface area contributed by atoms with Gasteiger partial charge in [-0.25, -0.2) is 0 Å². The molecule has 2 bridgehead atoms. The fourth-order valence-corrected chi connectivity index (χ4v) is 3.95. The van der Waals surface area contributed by atoms with Gasteiger partial charge in [0.05, 0.1) is 0 Å². The second-order valence-electron chi connectivity index (χ2n) is 15.7. The van der Waals surface area contributed by atoms with E-state index in [-0.39, 0.29) is 21.7 Å². The van der Waals surface area contributed by atoms with Crippen molar-refractivity contribution in [1.82, 2.24) is 0 Å². The van der Waals surface area contributed by atoms with Crippen LogP contribution in [0.2, 0.25) is 0 Å². The highest BCUT2D eigenvalue weighted by Crippen LogP contribution is 2.28. The van der Waals surface area contributed by atoms with Crippen molar-refractivity contribution < 1.29 is 10.2 Å². The van der Waals surface area contributed by atoms with Gasteiger partial charge in [-0.15, -0.1) is 0 Å². The fraction of sp³-hybridized carbons (Fsp3) is 0.409. The van der Waals surface area contributed by atoms with Crippen LogP contribution < -0.4 is 0 Å². The summed E-state index contributed by atoms with van der Waals surface area (Å²) in [6.45, 7) is 24.9. The molecule has 0 atom stereocenters. The zero-order chi connectivity index (χ0) is 34.9. The minimum Gasteiger partial charge on any atom is -0.370 e. The van der Waals surface area contributed by atoms with Gasteiger partial charge in [-0.05, 0) is 69.6 Å². The van der Waals surface area contributed by atoms with Gasteiger partial charge in [0, 0.05) is 22.3 Å². The largest absolute Gasteiger partial charge is 0.370 e. The van der Waals surface area contributed by atoms with E-state index < -0.39 is 11.2 Å². The SMILES string of the molecule is CC(C)(C)C1=CC=CC2(O)C#CC(O)(C=CC=C(C(C)(C)C)C#CC#C1)C=CC=C(C(C)(C)C)C#CC#CC(C(C)(C)C)=CC=C2. The lowest BCUT2D eigenvalue weighted by Crippen LogP contribution is -2.25. The summed E-state index contributed by atoms with van der Waals surface area (Å²) in [7, 11) is 0. The third-order valence-corrected chi connectivity index (χ3v) is 7.06. The van der Waals surface area contributed by atoms with E-state index in [1.165, 1.54) is 0 Å². The highest BCUT2D eigenvalue weighted by molar-refractivity contribution is 5.50. The first-order chi connectivity index (χ1) is 21.0. The number of aliphatic hydroxyl groups is 2. The van der Waals surface area contributed by atoms with Crippen molar-refractivity contribution in [3.8, 4) is 59.2 Å². The Morgan fingerprint density at radius 2 is 0.587 bits per heavy atom. The minimum absolute atomic E-state index is 0.253. The predicted molar refractivity (Wildman–Crippen MR) is 195 cm³/mol. The normalized spacial score (nSPS) is 22.5. The van der Waals surface area contributed by atoms with Crippen LogP contribution in [0, 0.1) is 80.9 Å². The summed E-state index contributed by atoms with van der Waals surface area (Å²) in [5.74, 6) is 30.7. The summed E-state index contributed by atoms with van der Waals surface area (Å²) >= 11 is 0. The summed E-state index contributed by atoms with van der Waals surface area (Å²) < 4.78 is 0. The van der Waals surface area contributed by atoms with E-state index in [2.05, 4.69) is 142 Å². The molecule has 0 aliphatic heterocycles. The van der Waals surface area contributed by atoms with E-state index in [9.17, 15) is 10.2 Å². The Morgan fingerprint density at radius 1 is 0.391 bits per heavy atom. The van der Waals surface area contributed by atoms with Crippen LogP contribution in [0.15, 0.2) is 95.2 Å². The Kier molecular flexibility index (Phi) is 12.2. The van der Waals surface area contributed by atoms with Crippen LogP contribution in [-0.4, -0.2) is 21.4 Å². The van der Waals surface area contributed by atoms with Crippen molar-refractivity contribution in [3.63, 3.8) is 0 Å². The Balaban J connectivity index is 3.04. The summed E-state index contributed by atoms with van der Waals surface area (Å²) in [6, 6.07) is 0. The minimum atomic E-state index is -1.72. The summed E-state index contributed by atoms with van der Waals surface area (Å²) in [6.07, 6.45) is 20.9. The molecular weight excluding hydrogens is 560 g/mol. The van der Waals surface area contributed by atoms with Gasteiger partial charge in [0.25, 0.3) is 0 Å². The molecule has 238 valence electrons. The Labute approximate surface area is 279 Å². The molecule has 0 unspecified atom stereocenters. The molecule has 2 rings (SSSR count). The first kappa shape index (κ1) is 37.8. The number of hydrogen-bond acceptors (Lipinski definition) is 2. The van der Waals surface area contributed by atoms with Crippen LogP contribution in [0.5, 0.6) is 0 Å². The van der Waals surface area contributed by atoms with Gasteiger partial charge >= 0.3 is 0 Å². The number of fused-ring (bicyclic) bond motifs is 2. The van der Waals surface area contributed by atoms with E-state index in [4.69, 9.17) is 0 Å². The molecule has 0 radical (unpaired) electrons. The van der Waals surface area contributed by atoms with Gasteiger partial charge in [0.15, 0.2) is 11.2 Å². The first-order valence-electron chi connectivity index (χ1n) is 15.7. The highest BCUT2D eigenvalue weighted by atomic mass is 16.3. The zero-order valence-corrected chi connectivity index (χ0v) is 29.8.